The second-order valence-electron chi connectivity index (χ2n) is 7.89. The number of unbranched alkanes of at least 4 members (excludes halogenated alkanes) is 1. The molecule has 2 aromatic rings. The SMILES string of the molecule is CN(C)C(=O)CCCC[C@H](NC(=O)OCC1c2ccccc2-c2ccccc21)C(=O)O. The Morgan fingerprint density at radius 3 is 2.13 bits per heavy atom. The lowest BCUT2D eigenvalue weighted by atomic mass is 9.98. The fraction of sp³-hybridized carbons (Fsp3) is 0.375. The van der Waals surface area contributed by atoms with Crippen LogP contribution in [-0.2, 0) is 14.3 Å². The van der Waals surface area contributed by atoms with E-state index in [4.69, 9.17) is 4.74 Å². The molecule has 1 aliphatic carbocycles. The lowest BCUT2D eigenvalue weighted by molar-refractivity contribution is -0.139. The number of carboxylic acids is 1. The van der Waals surface area contributed by atoms with E-state index in [9.17, 15) is 19.5 Å². The molecule has 1 atom stereocenters. The molecule has 0 bridgehead atoms. The van der Waals surface area contributed by atoms with E-state index < -0.39 is 18.1 Å². The van der Waals surface area contributed by atoms with Crippen LogP contribution in [0.1, 0.15) is 42.7 Å². The van der Waals surface area contributed by atoms with Crippen molar-refractivity contribution < 1.29 is 24.2 Å². The number of nitrogens with zero attached hydrogens (tertiary/aromatic N) is 1. The van der Waals surface area contributed by atoms with Gasteiger partial charge >= 0.3 is 12.1 Å². The highest BCUT2D eigenvalue weighted by molar-refractivity contribution is 5.81. The summed E-state index contributed by atoms with van der Waals surface area (Å²) in [6.45, 7) is 0.129. The van der Waals surface area contributed by atoms with E-state index in [1.54, 1.807) is 14.1 Å². The first kappa shape index (κ1) is 22.3. The average molecular weight is 424 g/mol. The van der Waals surface area contributed by atoms with Crippen molar-refractivity contribution in [2.24, 2.45) is 0 Å². The molecule has 0 saturated heterocycles. The van der Waals surface area contributed by atoms with Gasteiger partial charge in [-0.1, -0.05) is 55.0 Å². The number of carbonyl (C=O) groups is 3. The van der Waals surface area contributed by atoms with Crippen LogP contribution in [0.25, 0.3) is 11.1 Å². The van der Waals surface area contributed by atoms with Crippen LogP contribution in [0.2, 0.25) is 0 Å². The normalized spacial score (nSPS) is 13.1. The first-order chi connectivity index (χ1) is 14.9. The number of benzene rings is 2. The maximum atomic E-state index is 12.3. The molecule has 0 radical (unpaired) electrons. The first-order valence-corrected chi connectivity index (χ1v) is 10.4. The van der Waals surface area contributed by atoms with Crippen LogP contribution in [0.4, 0.5) is 4.79 Å². The Morgan fingerprint density at radius 2 is 1.58 bits per heavy atom. The molecule has 31 heavy (non-hydrogen) atoms. The third-order valence-corrected chi connectivity index (χ3v) is 5.57. The van der Waals surface area contributed by atoms with Gasteiger partial charge in [-0.05, 0) is 35.1 Å². The maximum absolute atomic E-state index is 12.3. The number of hydrogen-bond donors (Lipinski definition) is 2. The van der Waals surface area contributed by atoms with Gasteiger partial charge in [-0.3, -0.25) is 4.79 Å². The monoisotopic (exact) mass is 424 g/mol. The Balaban J connectivity index is 1.54. The zero-order valence-electron chi connectivity index (χ0n) is 17.8. The number of alkyl carbamates (subject to hydrolysis) is 1. The quantitative estimate of drug-likeness (QED) is 0.600. The number of fused-ring (bicyclic) bond motifs is 3. The van der Waals surface area contributed by atoms with Gasteiger partial charge in [0.2, 0.25) is 5.91 Å². The van der Waals surface area contributed by atoms with Crippen molar-refractivity contribution in [1.29, 1.82) is 0 Å². The molecule has 7 heteroatoms. The molecule has 0 spiro atoms. The molecule has 3 rings (SSSR count). The Labute approximate surface area is 182 Å². The minimum Gasteiger partial charge on any atom is -0.480 e. The minimum atomic E-state index is -1.12. The summed E-state index contributed by atoms with van der Waals surface area (Å²) in [6.07, 6.45) is 0.913. The molecule has 0 saturated carbocycles. The summed E-state index contributed by atoms with van der Waals surface area (Å²) in [5.74, 6) is -1.21. The molecule has 0 fully saturated rings. The van der Waals surface area contributed by atoms with Crippen LogP contribution in [0.3, 0.4) is 0 Å². The molecule has 7 nitrogen and oxygen atoms in total. The molecule has 0 heterocycles. The third-order valence-electron chi connectivity index (χ3n) is 5.57. The number of carbonyl (C=O) groups excluding carboxylic acids is 2. The van der Waals surface area contributed by atoms with E-state index in [0.29, 0.717) is 19.3 Å². The number of hydrogen-bond acceptors (Lipinski definition) is 4. The van der Waals surface area contributed by atoms with Gasteiger partial charge in [0.15, 0.2) is 0 Å². The number of carboxylic acid groups (broad SMARTS) is 1. The Hall–Kier alpha value is -3.35. The van der Waals surface area contributed by atoms with Gasteiger partial charge in [-0.25, -0.2) is 9.59 Å². The number of amides is 2. The maximum Gasteiger partial charge on any atom is 0.407 e. The lowest BCUT2D eigenvalue weighted by Crippen LogP contribution is -2.41. The standard InChI is InChI=1S/C24H28N2O5/c1-26(2)22(27)14-8-7-13-21(23(28)29)25-24(30)31-15-20-18-11-5-3-9-16(18)17-10-4-6-12-19(17)20/h3-6,9-12,20-21H,7-8,13-15H2,1-2H3,(H,25,30)(H,28,29)/t21-/m0/s1. The largest absolute Gasteiger partial charge is 0.480 e. The zero-order valence-corrected chi connectivity index (χ0v) is 17.8. The Kier molecular flexibility index (Phi) is 7.28. The van der Waals surface area contributed by atoms with Crippen molar-refractivity contribution in [2.45, 2.75) is 37.6 Å². The summed E-state index contributed by atoms with van der Waals surface area (Å²) >= 11 is 0. The average Bonchev–Trinajstić information content (AvgIpc) is 3.07. The Morgan fingerprint density at radius 1 is 1.00 bits per heavy atom. The van der Waals surface area contributed by atoms with E-state index in [2.05, 4.69) is 17.4 Å². The number of rotatable bonds is 9. The van der Waals surface area contributed by atoms with Gasteiger partial charge in [-0.2, -0.15) is 0 Å². The van der Waals surface area contributed by atoms with Crippen LogP contribution in [0.5, 0.6) is 0 Å². The van der Waals surface area contributed by atoms with Gasteiger partial charge in [0, 0.05) is 26.4 Å². The van der Waals surface area contributed by atoms with Crippen molar-refractivity contribution in [3.05, 3.63) is 59.7 Å². The van der Waals surface area contributed by atoms with Gasteiger partial charge in [0.05, 0.1) is 0 Å². The summed E-state index contributed by atoms with van der Waals surface area (Å²) in [5, 5.41) is 11.9. The second-order valence-corrected chi connectivity index (χ2v) is 7.89. The van der Waals surface area contributed by atoms with Crippen LogP contribution >= 0.6 is 0 Å². The number of ether oxygens (including phenoxy) is 1. The summed E-state index contributed by atoms with van der Waals surface area (Å²) in [5.41, 5.74) is 4.44. The predicted molar refractivity (Wildman–Crippen MR) is 117 cm³/mol. The fourth-order valence-electron chi connectivity index (χ4n) is 3.89. The predicted octanol–water partition coefficient (Wildman–Crippen LogP) is 3.63. The van der Waals surface area contributed by atoms with Crippen molar-refractivity contribution in [3.8, 4) is 11.1 Å². The van der Waals surface area contributed by atoms with Crippen molar-refractivity contribution >= 4 is 18.0 Å². The molecular formula is C24H28N2O5. The van der Waals surface area contributed by atoms with E-state index in [-0.39, 0.29) is 24.9 Å². The molecule has 1 aliphatic rings. The highest BCUT2D eigenvalue weighted by Gasteiger charge is 2.29. The fourth-order valence-corrected chi connectivity index (χ4v) is 3.89. The minimum absolute atomic E-state index is 0.00336. The van der Waals surface area contributed by atoms with Gasteiger partial charge in [-0.15, -0.1) is 0 Å². The molecule has 2 amide bonds. The van der Waals surface area contributed by atoms with Gasteiger partial charge in [0.1, 0.15) is 12.6 Å². The van der Waals surface area contributed by atoms with Crippen LogP contribution in [0, 0.1) is 0 Å². The second kappa shape index (κ2) is 10.1. The highest BCUT2D eigenvalue weighted by Crippen LogP contribution is 2.44. The molecular weight excluding hydrogens is 396 g/mol. The molecule has 2 aromatic carbocycles. The van der Waals surface area contributed by atoms with Crippen molar-refractivity contribution in [2.75, 3.05) is 20.7 Å². The molecule has 2 N–H and O–H groups in total. The zero-order chi connectivity index (χ0) is 22.4. The first-order valence-electron chi connectivity index (χ1n) is 10.4. The Bertz CT molecular complexity index is 911. The number of aliphatic carboxylic acids is 1. The van der Waals surface area contributed by atoms with Gasteiger partial charge < -0.3 is 20.1 Å². The highest BCUT2D eigenvalue weighted by atomic mass is 16.5. The topological polar surface area (TPSA) is 95.9 Å². The van der Waals surface area contributed by atoms with E-state index in [0.717, 1.165) is 22.3 Å². The van der Waals surface area contributed by atoms with Crippen LogP contribution in [0.15, 0.2) is 48.5 Å². The molecule has 0 aromatic heterocycles. The smallest absolute Gasteiger partial charge is 0.407 e. The summed E-state index contributed by atoms with van der Waals surface area (Å²) < 4.78 is 5.42. The van der Waals surface area contributed by atoms with Crippen LogP contribution < -0.4 is 5.32 Å². The lowest BCUT2D eigenvalue weighted by Gasteiger charge is -2.17. The summed E-state index contributed by atoms with van der Waals surface area (Å²) in [6, 6.07) is 15.0. The summed E-state index contributed by atoms with van der Waals surface area (Å²) in [4.78, 5) is 36.9. The van der Waals surface area contributed by atoms with Crippen molar-refractivity contribution in [3.63, 3.8) is 0 Å². The molecule has 0 aliphatic heterocycles. The van der Waals surface area contributed by atoms with Crippen molar-refractivity contribution in [1.82, 2.24) is 10.2 Å². The molecule has 0 unspecified atom stereocenters. The third kappa shape index (κ3) is 5.42. The van der Waals surface area contributed by atoms with E-state index in [1.807, 2.05) is 36.4 Å². The van der Waals surface area contributed by atoms with Gasteiger partial charge in [0.25, 0.3) is 0 Å². The van der Waals surface area contributed by atoms with E-state index >= 15 is 0 Å². The number of nitrogens with one attached hydrogen (secondary N) is 1. The van der Waals surface area contributed by atoms with E-state index in [1.165, 1.54) is 4.90 Å². The summed E-state index contributed by atoms with van der Waals surface area (Å²) in [7, 11) is 3.36. The van der Waals surface area contributed by atoms with Crippen LogP contribution in [-0.4, -0.2) is 54.7 Å². The molecule has 164 valence electrons.